The number of phenolic OH excluding ortho intramolecular Hbond substituents is 1. The van der Waals surface area contributed by atoms with Crippen molar-refractivity contribution in [2.24, 2.45) is 10.2 Å². The Morgan fingerprint density at radius 1 is 1.56 bits per heavy atom. The number of para-hydroxylation sites is 1. The Hall–Kier alpha value is -2.33. The number of nitriles is 1. The number of amidine groups is 1. The largest absolute Gasteiger partial charge is 0.506 e. The molecule has 1 aromatic carbocycles. The van der Waals surface area contributed by atoms with Crippen LogP contribution in [0.15, 0.2) is 28.4 Å². The summed E-state index contributed by atoms with van der Waals surface area (Å²) in [6.45, 7) is 0. The van der Waals surface area contributed by atoms with Crippen LogP contribution in [0.25, 0.3) is 0 Å². The summed E-state index contributed by atoms with van der Waals surface area (Å²) in [6, 6.07) is 6.62. The molecule has 1 aliphatic heterocycles. The quantitative estimate of drug-likeness (QED) is 0.607. The van der Waals surface area contributed by atoms with Crippen molar-refractivity contribution < 1.29 is 9.90 Å². The first kappa shape index (κ1) is 12.1. The number of thioether (sulfide) groups is 1. The molecule has 2 N–H and O–H groups in total. The van der Waals surface area contributed by atoms with Crippen LogP contribution in [0.4, 0.5) is 0 Å². The number of nitrogens with zero attached hydrogens (tertiary/aromatic N) is 3. The van der Waals surface area contributed by atoms with Gasteiger partial charge in [-0.2, -0.15) is 10.4 Å². The monoisotopic (exact) mass is 260 g/mol. The summed E-state index contributed by atoms with van der Waals surface area (Å²) in [7, 11) is 0. The van der Waals surface area contributed by atoms with Gasteiger partial charge in [-0.1, -0.05) is 17.8 Å². The summed E-state index contributed by atoms with van der Waals surface area (Å²) in [5, 5.41) is 28.9. The van der Waals surface area contributed by atoms with Crippen molar-refractivity contribution in [1.29, 1.82) is 5.26 Å². The summed E-state index contributed by atoms with van der Waals surface area (Å²) in [5.41, 5.74) is 0.572. The molecule has 18 heavy (non-hydrogen) atoms. The van der Waals surface area contributed by atoms with Gasteiger partial charge < -0.3 is 10.4 Å². The lowest BCUT2D eigenvalue weighted by molar-refractivity contribution is -0.116. The fourth-order valence-electron chi connectivity index (χ4n) is 1.28. The fraction of sp³-hybridized carbons (Fsp3) is 0.0909. The third-order valence-electron chi connectivity index (χ3n) is 2.12. The van der Waals surface area contributed by atoms with Gasteiger partial charge >= 0.3 is 0 Å². The van der Waals surface area contributed by atoms with Crippen LogP contribution in [0.3, 0.4) is 0 Å². The number of hydrogen-bond acceptors (Lipinski definition) is 6. The van der Waals surface area contributed by atoms with Crippen LogP contribution in [-0.4, -0.2) is 28.1 Å². The SMILES string of the molecule is N#Cc1cccc(C=NN=C2NC(=O)CS2)c1O. The highest BCUT2D eigenvalue weighted by Gasteiger charge is 2.15. The van der Waals surface area contributed by atoms with Crippen molar-refractivity contribution in [1.82, 2.24) is 5.32 Å². The first-order valence-electron chi connectivity index (χ1n) is 4.96. The molecule has 2 rings (SSSR count). The predicted molar refractivity (Wildman–Crippen MR) is 68.5 cm³/mol. The predicted octanol–water partition coefficient (Wildman–Crippen LogP) is 0.817. The van der Waals surface area contributed by atoms with Crippen molar-refractivity contribution in [2.75, 3.05) is 5.75 Å². The first-order chi connectivity index (χ1) is 8.70. The Kier molecular flexibility index (Phi) is 3.60. The van der Waals surface area contributed by atoms with Crippen LogP contribution in [0, 0.1) is 11.3 Å². The van der Waals surface area contributed by atoms with Gasteiger partial charge in [0.05, 0.1) is 17.5 Å². The molecular formula is C11H8N4O2S. The number of benzene rings is 1. The Labute approximate surface area is 107 Å². The standard InChI is InChI=1S/C11H8N4O2S/c12-4-7-2-1-3-8(10(7)17)5-13-15-11-14-9(16)6-18-11/h1-3,5,17H,6H2,(H,14,15,16). The summed E-state index contributed by atoms with van der Waals surface area (Å²) in [4.78, 5) is 10.9. The molecule has 1 aromatic rings. The molecule has 1 saturated heterocycles. The molecule has 0 radical (unpaired) electrons. The smallest absolute Gasteiger partial charge is 0.236 e. The normalized spacial score (nSPS) is 17.1. The minimum atomic E-state index is -0.132. The van der Waals surface area contributed by atoms with Crippen LogP contribution in [-0.2, 0) is 4.79 Å². The summed E-state index contributed by atoms with van der Waals surface area (Å²) in [6.07, 6.45) is 1.33. The third kappa shape index (κ3) is 2.67. The van der Waals surface area contributed by atoms with Crippen molar-refractivity contribution in [3.63, 3.8) is 0 Å². The molecule has 90 valence electrons. The zero-order valence-electron chi connectivity index (χ0n) is 9.12. The van der Waals surface area contributed by atoms with Gasteiger partial charge in [0.1, 0.15) is 11.8 Å². The Morgan fingerprint density at radius 3 is 3.06 bits per heavy atom. The van der Waals surface area contributed by atoms with E-state index in [1.807, 2.05) is 6.07 Å². The highest BCUT2D eigenvalue weighted by atomic mass is 32.2. The Morgan fingerprint density at radius 2 is 2.39 bits per heavy atom. The van der Waals surface area contributed by atoms with Gasteiger partial charge in [0.25, 0.3) is 0 Å². The molecule has 0 aromatic heterocycles. The van der Waals surface area contributed by atoms with E-state index in [0.29, 0.717) is 16.5 Å². The van der Waals surface area contributed by atoms with Crippen molar-refractivity contribution in [3.8, 4) is 11.8 Å². The summed E-state index contributed by atoms with van der Waals surface area (Å²) in [5.74, 6) is 0.0964. The van der Waals surface area contributed by atoms with Gasteiger partial charge in [-0.3, -0.25) is 4.79 Å². The molecule has 0 bridgehead atoms. The maximum atomic E-state index is 10.9. The molecule has 0 spiro atoms. The molecule has 7 heteroatoms. The fourth-order valence-corrected chi connectivity index (χ4v) is 1.91. The van der Waals surface area contributed by atoms with Gasteiger partial charge in [0, 0.05) is 5.56 Å². The maximum Gasteiger partial charge on any atom is 0.236 e. The minimum absolute atomic E-state index is 0.108. The lowest BCUT2D eigenvalue weighted by atomic mass is 10.1. The van der Waals surface area contributed by atoms with E-state index >= 15 is 0 Å². The third-order valence-corrected chi connectivity index (χ3v) is 2.98. The van der Waals surface area contributed by atoms with E-state index in [1.54, 1.807) is 12.1 Å². The lowest BCUT2D eigenvalue weighted by Crippen LogP contribution is -2.19. The number of hydrogen-bond donors (Lipinski definition) is 2. The topological polar surface area (TPSA) is 97.8 Å². The molecule has 1 heterocycles. The number of nitrogens with one attached hydrogen (secondary N) is 1. The zero-order chi connectivity index (χ0) is 13.0. The maximum absolute atomic E-state index is 10.9. The average molecular weight is 260 g/mol. The Bertz CT molecular complexity index is 589. The van der Waals surface area contributed by atoms with Gasteiger partial charge in [-0.25, -0.2) is 0 Å². The van der Waals surface area contributed by atoms with E-state index in [2.05, 4.69) is 15.5 Å². The highest BCUT2D eigenvalue weighted by molar-refractivity contribution is 8.15. The number of amides is 1. The van der Waals surface area contributed by atoms with Crippen LogP contribution in [0.2, 0.25) is 0 Å². The molecule has 0 unspecified atom stereocenters. The van der Waals surface area contributed by atoms with E-state index in [-0.39, 0.29) is 17.2 Å². The number of phenols is 1. The van der Waals surface area contributed by atoms with E-state index in [9.17, 15) is 9.90 Å². The van der Waals surface area contributed by atoms with Gasteiger partial charge in [-0.05, 0) is 12.1 Å². The molecule has 6 nitrogen and oxygen atoms in total. The van der Waals surface area contributed by atoms with Crippen LogP contribution in [0.5, 0.6) is 5.75 Å². The molecular weight excluding hydrogens is 252 g/mol. The van der Waals surface area contributed by atoms with Gasteiger partial charge in [0.15, 0.2) is 5.17 Å². The number of rotatable bonds is 2. The zero-order valence-corrected chi connectivity index (χ0v) is 9.94. The lowest BCUT2D eigenvalue weighted by Gasteiger charge is -1.98. The molecule has 0 saturated carbocycles. The van der Waals surface area contributed by atoms with E-state index < -0.39 is 0 Å². The molecule has 1 fully saturated rings. The van der Waals surface area contributed by atoms with Crippen LogP contribution < -0.4 is 5.32 Å². The molecule has 1 aliphatic rings. The number of carbonyl (C=O) groups excluding carboxylic acids is 1. The molecule has 1 amide bonds. The summed E-state index contributed by atoms with van der Waals surface area (Å²) >= 11 is 1.26. The minimum Gasteiger partial charge on any atom is -0.506 e. The highest BCUT2D eigenvalue weighted by Crippen LogP contribution is 2.19. The van der Waals surface area contributed by atoms with Gasteiger partial charge in [-0.15, -0.1) is 5.10 Å². The van der Waals surface area contributed by atoms with Crippen molar-refractivity contribution in [2.45, 2.75) is 0 Å². The second-order valence-corrected chi connectivity index (χ2v) is 4.31. The van der Waals surface area contributed by atoms with Gasteiger partial charge in [0.2, 0.25) is 5.91 Å². The number of carbonyl (C=O) groups is 1. The molecule has 0 atom stereocenters. The second kappa shape index (κ2) is 5.33. The second-order valence-electron chi connectivity index (χ2n) is 3.34. The Balaban J connectivity index is 2.15. The van der Waals surface area contributed by atoms with Crippen LogP contribution in [0.1, 0.15) is 11.1 Å². The van der Waals surface area contributed by atoms with E-state index in [4.69, 9.17) is 5.26 Å². The van der Waals surface area contributed by atoms with E-state index in [0.717, 1.165) is 0 Å². The van der Waals surface area contributed by atoms with Crippen molar-refractivity contribution in [3.05, 3.63) is 29.3 Å². The van der Waals surface area contributed by atoms with Crippen molar-refractivity contribution >= 4 is 29.1 Å². The van der Waals surface area contributed by atoms with E-state index in [1.165, 1.54) is 24.0 Å². The summed E-state index contributed by atoms with van der Waals surface area (Å²) < 4.78 is 0. The molecule has 0 aliphatic carbocycles. The number of aromatic hydroxyl groups is 1. The first-order valence-corrected chi connectivity index (χ1v) is 5.95. The average Bonchev–Trinajstić information content (AvgIpc) is 2.77. The van der Waals surface area contributed by atoms with Crippen LogP contribution >= 0.6 is 11.8 Å².